The van der Waals surface area contributed by atoms with E-state index in [0.29, 0.717) is 0 Å². The zero-order valence-electron chi connectivity index (χ0n) is 11.0. The fourth-order valence-corrected chi connectivity index (χ4v) is 3.87. The van der Waals surface area contributed by atoms with Gasteiger partial charge in [0.2, 0.25) is 0 Å². The molecule has 1 heterocycles. The predicted octanol–water partition coefficient (Wildman–Crippen LogP) is 3.51. The molecule has 1 aromatic heterocycles. The van der Waals surface area contributed by atoms with E-state index in [1.807, 2.05) is 18.2 Å². The third-order valence-corrected chi connectivity index (χ3v) is 4.79. The Balaban J connectivity index is 1.95. The van der Waals surface area contributed by atoms with Crippen LogP contribution in [-0.2, 0) is 11.2 Å². The van der Waals surface area contributed by atoms with Crippen LogP contribution in [-0.4, -0.2) is 37.0 Å². The number of rotatable bonds is 7. The van der Waals surface area contributed by atoms with Gasteiger partial charge in [-0.1, -0.05) is 43.2 Å². The zero-order valence-corrected chi connectivity index (χ0v) is 15.0. The summed E-state index contributed by atoms with van der Waals surface area (Å²) in [5, 5.41) is 13.8. The maximum atomic E-state index is 4.98. The highest BCUT2D eigenvalue weighted by Gasteiger charge is 2.10. The molecule has 0 radical (unpaired) electrons. The van der Waals surface area contributed by atoms with E-state index < -0.39 is 0 Å². The van der Waals surface area contributed by atoms with Crippen molar-refractivity contribution in [1.29, 1.82) is 0 Å². The van der Waals surface area contributed by atoms with Gasteiger partial charge in [0.15, 0.2) is 0 Å². The molecule has 0 saturated carbocycles. The van der Waals surface area contributed by atoms with Crippen molar-refractivity contribution >= 4 is 43.2 Å². The number of nitrogens with one attached hydrogen (secondary N) is 1. The summed E-state index contributed by atoms with van der Waals surface area (Å²) >= 11 is 8.64. The molecule has 2 aromatic rings. The van der Waals surface area contributed by atoms with Gasteiger partial charge >= 0.3 is 0 Å². The molecule has 2 rings (SSSR count). The minimum absolute atomic E-state index is 0.729. The van der Waals surface area contributed by atoms with Crippen molar-refractivity contribution in [2.75, 3.05) is 26.8 Å². The Kier molecular flexibility index (Phi) is 6.57. The largest absolute Gasteiger partial charge is 0.383 e. The van der Waals surface area contributed by atoms with Crippen LogP contribution in [0.2, 0.25) is 0 Å². The molecular weight excluding hydrogens is 406 g/mol. The van der Waals surface area contributed by atoms with Gasteiger partial charge in [-0.05, 0) is 18.2 Å². The van der Waals surface area contributed by atoms with Gasteiger partial charge in [0.05, 0.1) is 6.61 Å². The highest BCUT2D eigenvalue weighted by Crippen LogP contribution is 2.32. The molecule has 0 atom stereocenters. The second-order valence-corrected chi connectivity index (χ2v) is 6.95. The fourth-order valence-electron chi connectivity index (χ4n) is 1.62. The Morgan fingerprint density at radius 1 is 1.25 bits per heavy atom. The van der Waals surface area contributed by atoms with Crippen molar-refractivity contribution in [2.45, 2.75) is 6.42 Å². The summed E-state index contributed by atoms with van der Waals surface area (Å²) in [5.74, 6) is 0. The molecule has 0 saturated heterocycles. The van der Waals surface area contributed by atoms with Crippen LogP contribution in [0, 0.1) is 0 Å². The van der Waals surface area contributed by atoms with Gasteiger partial charge in [0, 0.05) is 41.1 Å². The topological polar surface area (TPSA) is 47.0 Å². The summed E-state index contributed by atoms with van der Waals surface area (Å²) in [6.07, 6.45) is 0.884. The first kappa shape index (κ1) is 16.0. The summed E-state index contributed by atoms with van der Waals surface area (Å²) in [4.78, 5) is 0. The number of halogens is 2. The maximum absolute atomic E-state index is 4.98. The lowest BCUT2D eigenvalue weighted by Gasteiger charge is -2.01. The molecule has 20 heavy (non-hydrogen) atoms. The first-order valence-corrected chi connectivity index (χ1v) is 8.58. The monoisotopic (exact) mass is 419 g/mol. The Morgan fingerprint density at radius 3 is 2.85 bits per heavy atom. The average molecular weight is 421 g/mol. The van der Waals surface area contributed by atoms with E-state index in [4.69, 9.17) is 4.74 Å². The second-order valence-electron chi connectivity index (χ2n) is 4.12. The Morgan fingerprint density at radius 2 is 2.10 bits per heavy atom. The lowest BCUT2D eigenvalue weighted by Crippen LogP contribution is -2.21. The molecule has 0 spiro atoms. The van der Waals surface area contributed by atoms with Crippen LogP contribution in [0.4, 0.5) is 0 Å². The highest BCUT2D eigenvalue weighted by atomic mass is 79.9. The standard InChI is InChI=1S/C13H15Br2N3OS/c1-19-7-6-16-5-4-12-17-18-13(20-12)10-3-2-9(14)8-11(10)15/h2-3,8,16H,4-7H2,1H3. The van der Waals surface area contributed by atoms with Crippen LogP contribution in [0.3, 0.4) is 0 Å². The van der Waals surface area contributed by atoms with E-state index in [0.717, 1.165) is 50.6 Å². The van der Waals surface area contributed by atoms with E-state index >= 15 is 0 Å². The van der Waals surface area contributed by atoms with E-state index in [1.165, 1.54) is 0 Å². The number of ether oxygens (including phenoxy) is 1. The third kappa shape index (κ3) is 4.60. The number of hydrogen-bond acceptors (Lipinski definition) is 5. The summed E-state index contributed by atoms with van der Waals surface area (Å²) < 4.78 is 7.04. The molecule has 0 unspecified atom stereocenters. The van der Waals surface area contributed by atoms with E-state index in [9.17, 15) is 0 Å². The Hall–Kier alpha value is -0.340. The first-order valence-electron chi connectivity index (χ1n) is 6.18. The summed E-state index contributed by atoms with van der Waals surface area (Å²) in [7, 11) is 1.70. The molecule has 4 nitrogen and oxygen atoms in total. The van der Waals surface area contributed by atoms with Crippen molar-refractivity contribution in [3.63, 3.8) is 0 Å². The molecule has 0 aliphatic rings. The second kappa shape index (κ2) is 8.19. The number of methoxy groups -OCH3 is 1. The molecule has 0 amide bonds. The van der Waals surface area contributed by atoms with Crippen LogP contribution < -0.4 is 5.32 Å². The normalized spacial score (nSPS) is 10.9. The minimum Gasteiger partial charge on any atom is -0.383 e. The van der Waals surface area contributed by atoms with Crippen molar-refractivity contribution in [3.05, 3.63) is 32.2 Å². The number of benzene rings is 1. The van der Waals surface area contributed by atoms with E-state index in [-0.39, 0.29) is 0 Å². The van der Waals surface area contributed by atoms with E-state index in [2.05, 4.69) is 47.4 Å². The molecular formula is C13H15Br2N3OS. The summed E-state index contributed by atoms with van der Waals surface area (Å²) in [6, 6.07) is 6.06. The van der Waals surface area contributed by atoms with Gasteiger partial charge < -0.3 is 10.1 Å². The molecule has 0 aliphatic carbocycles. The summed E-state index contributed by atoms with van der Waals surface area (Å²) in [6.45, 7) is 2.48. The van der Waals surface area contributed by atoms with Gasteiger partial charge in [0.1, 0.15) is 10.0 Å². The van der Waals surface area contributed by atoms with Crippen LogP contribution in [0.5, 0.6) is 0 Å². The molecule has 108 valence electrons. The number of nitrogens with zero attached hydrogens (tertiary/aromatic N) is 2. The van der Waals surface area contributed by atoms with Gasteiger partial charge in [0.25, 0.3) is 0 Å². The number of hydrogen-bond donors (Lipinski definition) is 1. The highest BCUT2D eigenvalue weighted by molar-refractivity contribution is 9.11. The van der Waals surface area contributed by atoms with Crippen LogP contribution >= 0.6 is 43.2 Å². The van der Waals surface area contributed by atoms with Gasteiger partial charge in [-0.2, -0.15) is 0 Å². The van der Waals surface area contributed by atoms with Crippen LogP contribution in [0.25, 0.3) is 10.6 Å². The molecule has 0 fully saturated rings. The lowest BCUT2D eigenvalue weighted by molar-refractivity contribution is 0.199. The molecule has 1 N–H and O–H groups in total. The van der Waals surface area contributed by atoms with Gasteiger partial charge in [-0.15, -0.1) is 10.2 Å². The molecule has 0 bridgehead atoms. The van der Waals surface area contributed by atoms with Gasteiger partial charge in [-0.3, -0.25) is 0 Å². The maximum Gasteiger partial charge on any atom is 0.148 e. The lowest BCUT2D eigenvalue weighted by atomic mass is 10.2. The fraction of sp³-hybridized carbons (Fsp3) is 0.385. The third-order valence-electron chi connectivity index (χ3n) is 2.63. The van der Waals surface area contributed by atoms with Gasteiger partial charge in [-0.25, -0.2) is 0 Å². The summed E-state index contributed by atoms with van der Waals surface area (Å²) in [5.41, 5.74) is 1.07. The van der Waals surface area contributed by atoms with Crippen molar-refractivity contribution in [2.24, 2.45) is 0 Å². The minimum atomic E-state index is 0.729. The first-order chi connectivity index (χ1) is 9.70. The molecule has 7 heteroatoms. The SMILES string of the molecule is COCCNCCc1nnc(-c2ccc(Br)cc2Br)s1. The van der Waals surface area contributed by atoms with E-state index in [1.54, 1.807) is 18.4 Å². The van der Waals surface area contributed by atoms with Crippen LogP contribution in [0.1, 0.15) is 5.01 Å². The van der Waals surface area contributed by atoms with Crippen molar-refractivity contribution in [1.82, 2.24) is 15.5 Å². The van der Waals surface area contributed by atoms with Crippen LogP contribution in [0.15, 0.2) is 27.1 Å². The van der Waals surface area contributed by atoms with Crippen molar-refractivity contribution < 1.29 is 4.74 Å². The zero-order chi connectivity index (χ0) is 14.4. The quantitative estimate of drug-likeness (QED) is 0.696. The smallest absolute Gasteiger partial charge is 0.148 e. The predicted molar refractivity (Wildman–Crippen MR) is 89.2 cm³/mol. The molecule has 0 aliphatic heterocycles. The van der Waals surface area contributed by atoms with Crippen molar-refractivity contribution in [3.8, 4) is 10.6 Å². The Labute approximate surface area is 139 Å². The molecule has 1 aromatic carbocycles. The average Bonchev–Trinajstić information content (AvgIpc) is 2.87. The Bertz CT molecular complexity index is 562. The number of aromatic nitrogens is 2.